The zero-order valence-electron chi connectivity index (χ0n) is 11.8. The van der Waals surface area contributed by atoms with Crippen LogP contribution in [-0.4, -0.2) is 21.0 Å². The van der Waals surface area contributed by atoms with Gasteiger partial charge in [0.1, 0.15) is 5.82 Å². The van der Waals surface area contributed by atoms with Crippen molar-refractivity contribution in [3.8, 4) is 0 Å². The second kappa shape index (κ2) is 6.13. The molecule has 1 heterocycles. The highest BCUT2D eigenvalue weighted by Gasteiger charge is 2.20. The average Bonchev–Trinajstić information content (AvgIpc) is 2.38. The SMILES string of the molecule is Cc1nc(C2CCCCC2)nc(C)c1CCC(=O)O. The number of hydrogen-bond acceptors (Lipinski definition) is 3. The van der Waals surface area contributed by atoms with Gasteiger partial charge >= 0.3 is 5.97 Å². The summed E-state index contributed by atoms with van der Waals surface area (Å²) in [5, 5.41) is 8.77. The lowest BCUT2D eigenvalue weighted by atomic mass is 9.88. The molecule has 0 bridgehead atoms. The first-order valence-electron chi connectivity index (χ1n) is 7.13. The fourth-order valence-electron chi connectivity index (χ4n) is 2.90. The molecule has 0 radical (unpaired) electrons. The average molecular weight is 262 g/mol. The summed E-state index contributed by atoms with van der Waals surface area (Å²) in [7, 11) is 0. The van der Waals surface area contributed by atoms with Gasteiger partial charge in [-0.25, -0.2) is 9.97 Å². The van der Waals surface area contributed by atoms with E-state index in [0.717, 1.165) is 22.8 Å². The zero-order chi connectivity index (χ0) is 13.8. The van der Waals surface area contributed by atoms with Crippen LogP contribution >= 0.6 is 0 Å². The molecule has 0 atom stereocenters. The highest BCUT2D eigenvalue weighted by molar-refractivity contribution is 5.67. The van der Waals surface area contributed by atoms with Crippen molar-refractivity contribution in [3.05, 3.63) is 22.8 Å². The third-order valence-electron chi connectivity index (χ3n) is 4.00. The van der Waals surface area contributed by atoms with Gasteiger partial charge in [-0.3, -0.25) is 4.79 Å². The van der Waals surface area contributed by atoms with E-state index < -0.39 is 5.97 Å². The molecule has 0 aromatic carbocycles. The van der Waals surface area contributed by atoms with E-state index >= 15 is 0 Å². The highest BCUT2D eigenvalue weighted by atomic mass is 16.4. The second-order valence-corrected chi connectivity index (χ2v) is 5.46. The smallest absolute Gasteiger partial charge is 0.303 e. The van der Waals surface area contributed by atoms with Crippen molar-refractivity contribution in [2.45, 2.75) is 64.7 Å². The Morgan fingerprint density at radius 2 is 1.74 bits per heavy atom. The van der Waals surface area contributed by atoms with Crippen LogP contribution in [-0.2, 0) is 11.2 Å². The molecule has 1 N–H and O–H groups in total. The number of aromatic nitrogens is 2. The van der Waals surface area contributed by atoms with Gasteiger partial charge in [-0.15, -0.1) is 0 Å². The summed E-state index contributed by atoms with van der Waals surface area (Å²) in [5.74, 6) is 0.698. The second-order valence-electron chi connectivity index (χ2n) is 5.46. The molecule has 1 aliphatic rings. The lowest BCUT2D eigenvalue weighted by molar-refractivity contribution is -0.136. The van der Waals surface area contributed by atoms with Gasteiger partial charge in [-0.1, -0.05) is 19.3 Å². The molecule has 0 saturated heterocycles. The van der Waals surface area contributed by atoms with Gasteiger partial charge in [0.25, 0.3) is 0 Å². The van der Waals surface area contributed by atoms with Crippen molar-refractivity contribution in [1.29, 1.82) is 0 Å². The Balaban J connectivity index is 2.18. The molecule has 4 nitrogen and oxygen atoms in total. The Bertz CT molecular complexity index is 442. The Morgan fingerprint density at radius 1 is 1.16 bits per heavy atom. The summed E-state index contributed by atoms with van der Waals surface area (Å²) in [5.41, 5.74) is 2.91. The Kier molecular flexibility index (Phi) is 4.51. The van der Waals surface area contributed by atoms with Crippen molar-refractivity contribution in [2.24, 2.45) is 0 Å². The summed E-state index contributed by atoms with van der Waals surface area (Å²) in [6, 6.07) is 0. The number of hydrogen-bond donors (Lipinski definition) is 1. The number of nitrogens with zero attached hydrogens (tertiary/aromatic N) is 2. The van der Waals surface area contributed by atoms with Crippen LogP contribution in [0.4, 0.5) is 0 Å². The van der Waals surface area contributed by atoms with Crippen LogP contribution in [0.15, 0.2) is 0 Å². The molecule has 2 rings (SSSR count). The summed E-state index contributed by atoms with van der Waals surface area (Å²) in [6.07, 6.45) is 6.91. The first kappa shape index (κ1) is 14.0. The summed E-state index contributed by atoms with van der Waals surface area (Å²) >= 11 is 0. The van der Waals surface area contributed by atoms with E-state index in [9.17, 15) is 4.79 Å². The van der Waals surface area contributed by atoms with E-state index in [1.165, 1.54) is 32.1 Å². The van der Waals surface area contributed by atoms with Gasteiger partial charge in [0.15, 0.2) is 0 Å². The molecule has 1 aromatic heterocycles. The molecule has 1 aromatic rings. The molecular formula is C15H22N2O2. The lowest BCUT2D eigenvalue weighted by Crippen LogP contribution is -2.13. The van der Waals surface area contributed by atoms with Gasteiger partial charge in [-0.2, -0.15) is 0 Å². The summed E-state index contributed by atoms with van der Waals surface area (Å²) in [4.78, 5) is 19.9. The summed E-state index contributed by atoms with van der Waals surface area (Å²) in [6.45, 7) is 3.94. The van der Waals surface area contributed by atoms with Gasteiger partial charge in [0.2, 0.25) is 0 Å². The van der Waals surface area contributed by atoms with Crippen LogP contribution < -0.4 is 0 Å². The molecule has 1 fully saturated rings. The zero-order valence-corrected chi connectivity index (χ0v) is 11.8. The predicted molar refractivity (Wildman–Crippen MR) is 73.3 cm³/mol. The topological polar surface area (TPSA) is 63.1 Å². The maximum atomic E-state index is 10.7. The quantitative estimate of drug-likeness (QED) is 0.905. The molecule has 0 unspecified atom stereocenters. The molecule has 0 aliphatic heterocycles. The van der Waals surface area contributed by atoms with E-state index in [4.69, 9.17) is 5.11 Å². The monoisotopic (exact) mass is 262 g/mol. The predicted octanol–water partition coefficient (Wildman–Crippen LogP) is 3.16. The van der Waals surface area contributed by atoms with Gasteiger partial charge in [0, 0.05) is 23.7 Å². The lowest BCUT2D eigenvalue weighted by Gasteiger charge is -2.21. The molecule has 104 valence electrons. The van der Waals surface area contributed by atoms with Gasteiger partial charge in [-0.05, 0) is 38.7 Å². The van der Waals surface area contributed by atoms with E-state index in [1.807, 2.05) is 13.8 Å². The highest BCUT2D eigenvalue weighted by Crippen LogP contribution is 2.31. The van der Waals surface area contributed by atoms with Crippen LogP contribution in [0.25, 0.3) is 0 Å². The van der Waals surface area contributed by atoms with Crippen LogP contribution in [0.5, 0.6) is 0 Å². The molecule has 4 heteroatoms. The number of carboxylic acids is 1. The first-order chi connectivity index (χ1) is 9.08. The molecule has 1 aliphatic carbocycles. The van der Waals surface area contributed by atoms with E-state index in [2.05, 4.69) is 9.97 Å². The van der Waals surface area contributed by atoms with E-state index in [1.54, 1.807) is 0 Å². The van der Waals surface area contributed by atoms with Crippen LogP contribution in [0.3, 0.4) is 0 Å². The van der Waals surface area contributed by atoms with E-state index in [-0.39, 0.29) is 6.42 Å². The normalized spacial score (nSPS) is 16.5. The number of aliphatic carboxylic acids is 1. The Labute approximate surface area is 114 Å². The van der Waals surface area contributed by atoms with Crippen LogP contribution in [0, 0.1) is 13.8 Å². The minimum atomic E-state index is -0.768. The Morgan fingerprint density at radius 3 is 2.26 bits per heavy atom. The maximum absolute atomic E-state index is 10.7. The minimum Gasteiger partial charge on any atom is -0.481 e. The molecule has 19 heavy (non-hydrogen) atoms. The third-order valence-corrected chi connectivity index (χ3v) is 4.00. The maximum Gasteiger partial charge on any atom is 0.303 e. The number of carbonyl (C=O) groups is 1. The third kappa shape index (κ3) is 3.52. The summed E-state index contributed by atoms with van der Waals surface area (Å²) < 4.78 is 0. The first-order valence-corrected chi connectivity index (χ1v) is 7.13. The fraction of sp³-hybridized carbons (Fsp3) is 0.667. The van der Waals surface area contributed by atoms with Crippen molar-refractivity contribution in [3.63, 3.8) is 0 Å². The van der Waals surface area contributed by atoms with Crippen LogP contribution in [0.1, 0.15) is 67.2 Å². The standard InChI is InChI=1S/C15H22N2O2/c1-10-13(8-9-14(18)19)11(2)17-15(16-10)12-6-4-3-5-7-12/h12H,3-9H2,1-2H3,(H,18,19). The van der Waals surface area contributed by atoms with Crippen molar-refractivity contribution in [2.75, 3.05) is 0 Å². The van der Waals surface area contributed by atoms with Crippen molar-refractivity contribution < 1.29 is 9.90 Å². The van der Waals surface area contributed by atoms with E-state index in [0.29, 0.717) is 12.3 Å². The largest absolute Gasteiger partial charge is 0.481 e. The van der Waals surface area contributed by atoms with Gasteiger partial charge < -0.3 is 5.11 Å². The fourth-order valence-corrected chi connectivity index (χ4v) is 2.90. The number of aryl methyl sites for hydroxylation is 2. The number of rotatable bonds is 4. The number of carboxylic acid groups (broad SMARTS) is 1. The minimum absolute atomic E-state index is 0.147. The van der Waals surface area contributed by atoms with Crippen molar-refractivity contribution in [1.82, 2.24) is 9.97 Å². The molecule has 0 spiro atoms. The van der Waals surface area contributed by atoms with Crippen LogP contribution in [0.2, 0.25) is 0 Å². The molecular weight excluding hydrogens is 240 g/mol. The molecule has 0 amide bonds. The van der Waals surface area contributed by atoms with Crippen molar-refractivity contribution >= 4 is 5.97 Å². The van der Waals surface area contributed by atoms with Gasteiger partial charge in [0.05, 0.1) is 0 Å². The molecule has 1 saturated carbocycles. The Hall–Kier alpha value is -1.45.